The molecular formula is C34H43N5O8S. The number of nitrogens with zero attached hydrogens (tertiary/aromatic N) is 3. The van der Waals surface area contributed by atoms with E-state index in [2.05, 4.69) is 27.2 Å². The number of carbonyl (C=O) groups is 4. The summed E-state index contributed by atoms with van der Waals surface area (Å²) in [5.74, 6) is -1.74. The Labute approximate surface area is 283 Å². The molecule has 0 spiro atoms. The summed E-state index contributed by atoms with van der Waals surface area (Å²) < 4.78 is 17.0. The van der Waals surface area contributed by atoms with Crippen molar-refractivity contribution in [2.24, 2.45) is 11.8 Å². The number of carbonyl (C=O) groups excluding carboxylic acids is 4. The quantitative estimate of drug-likeness (QED) is 0.388. The highest BCUT2D eigenvalue weighted by molar-refractivity contribution is 7.09. The van der Waals surface area contributed by atoms with Gasteiger partial charge in [-0.2, -0.15) is 0 Å². The van der Waals surface area contributed by atoms with Crippen LogP contribution in [0.1, 0.15) is 61.4 Å². The maximum absolute atomic E-state index is 13.7. The number of oxazole rings is 1. The van der Waals surface area contributed by atoms with Gasteiger partial charge in [0, 0.05) is 42.4 Å². The van der Waals surface area contributed by atoms with Gasteiger partial charge < -0.3 is 29.2 Å². The summed E-state index contributed by atoms with van der Waals surface area (Å²) >= 11 is 1.40. The lowest BCUT2D eigenvalue weighted by Gasteiger charge is -2.30. The van der Waals surface area contributed by atoms with Crippen molar-refractivity contribution in [1.82, 2.24) is 20.2 Å². The van der Waals surface area contributed by atoms with Gasteiger partial charge in [-0.3, -0.25) is 14.9 Å². The molecule has 2 bridgehead atoms. The van der Waals surface area contributed by atoms with Crippen LogP contribution in [0.4, 0.5) is 10.6 Å². The van der Waals surface area contributed by atoms with Crippen LogP contribution in [0.25, 0.3) is 0 Å². The van der Waals surface area contributed by atoms with Crippen molar-refractivity contribution in [2.45, 2.75) is 71.6 Å². The Balaban J connectivity index is 1.54. The number of Topliss-reactive ketones (excluding diaryl/α,β-unsaturated/α-hetero) is 1. The third-order valence-electron chi connectivity index (χ3n) is 7.88. The number of hydrogen-bond donors (Lipinski definition) is 3. The summed E-state index contributed by atoms with van der Waals surface area (Å²) in [6, 6.07) is -0.863. The SMILES string of the molecule is C=C1/C=C/[C@@H](C)[C@@H]([C@@H](C)COC(=O)Nc2csc(C)n2)OC(=O)[C@H]2CCCN2C(=O)c2coc(n2)CC(=O)C[C@H](O)/C=C(C)/C=C/CN1. The number of rotatable bonds is 4. The monoisotopic (exact) mass is 681 g/mol. The largest absolute Gasteiger partial charge is 0.460 e. The summed E-state index contributed by atoms with van der Waals surface area (Å²) in [7, 11) is 0. The van der Waals surface area contributed by atoms with Gasteiger partial charge in [0.05, 0.1) is 24.1 Å². The van der Waals surface area contributed by atoms with Gasteiger partial charge >= 0.3 is 12.1 Å². The molecule has 48 heavy (non-hydrogen) atoms. The molecule has 4 heterocycles. The van der Waals surface area contributed by atoms with Gasteiger partial charge in [0.2, 0.25) is 5.89 Å². The number of esters is 1. The molecule has 2 aliphatic rings. The lowest BCUT2D eigenvalue weighted by Crippen LogP contribution is -2.44. The van der Waals surface area contributed by atoms with Crippen molar-refractivity contribution in [3.8, 4) is 0 Å². The van der Waals surface area contributed by atoms with E-state index in [1.807, 2.05) is 45.9 Å². The standard InChI is InChI=1S/C34H43N5O8S/c1-20-8-6-12-35-23(4)11-10-21(2)31(22(3)17-46-34(44)38-29-19-48-24(5)36-29)47-33(43)28-9-7-13-39(28)32(42)27-18-45-30(37-27)16-26(41)15-25(40)14-20/h6,8,10-11,14,18-19,21-22,25,28,31,35,40H,4,7,9,12-13,15-17H2,1-3,5H3,(H,38,44)/b8-6+,11-10+,20-14+/t21-,22+,25-,28-,31+/m1/s1. The number of thiazole rings is 1. The minimum atomic E-state index is -0.999. The van der Waals surface area contributed by atoms with Crippen LogP contribution < -0.4 is 10.6 Å². The number of aliphatic hydroxyl groups excluding tert-OH is 1. The number of anilines is 1. The first-order valence-corrected chi connectivity index (χ1v) is 16.7. The molecule has 2 aromatic rings. The van der Waals surface area contributed by atoms with Crippen LogP contribution >= 0.6 is 11.3 Å². The van der Waals surface area contributed by atoms with Crippen LogP contribution in [-0.2, 0) is 25.5 Å². The van der Waals surface area contributed by atoms with Crippen LogP contribution in [0.2, 0.25) is 0 Å². The zero-order chi connectivity index (χ0) is 34.8. The van der Waals surface area contributed by atoms with Gasteiger partial charge in [-0.15, -0.1) is 11.3 Å². The topological polar surface area (TPSA) is 173 Å². The van der Waals surface area contributed by atoms with Crippen LogP contribution in [-0.4, -0.2) is 81.7 Å². The summed E-state index contributed by atoms with van der Waals surface area (Å²) in [4.78, 5) is 62.0. The van der Waals surface area contributed by atoms with E-state index in [0.717, 1.165) is 10.6 Å². The van der Waals surface area contributed by atoms with E-state index in [9.17, 15) is 24.3 Å². The Bertz CT molecular complexity index is 1580. The second-order valence-corrected chi connectivity index (χ2v) is 13.1. The zero-order valence-corrected chi connectivity index (χ0v) is 28.5. The molecule has 3 N–H and O–H groups in total. The first-order valence-electron chi connectivity index (χ1n) is 15.9. The fraction of sp³-hybridized carbons (Fsp3) is 0.471. The fourth-order valence-electron chi connectivity index (χ4n) is 5.47. The van der Waals surface area contributed by atoms with Crippen molar-refractivity contribution >= 4 is 40.9 Å². The Kier molecular flexibility index (Phi) is 12.9. The maximum Gasteiger partial charge on any atom is 0.412 e. The number of ketones is 1. The zero-order valence-electron chi connectivity index (χ0n) is 27.6. The predicted octanol–water partition coefficient (Wildman–Crippen LogP) is 4.52. The molecule has 0 saturated carbocycles. The van der Waals surface area contributed by atoms with E-state index < -0.39 is 42.1 Å². The summed E-state index contributed by atoms with van der Waals surface area (Å²) in [6.07, 6.45) is 8.30. The highest BCUT2D eigenvalue weighted by atomic mass is 32.1. The molecule has 4 rings (SSSR count). The predicted molar refractivity (Wildman–Crippen MR) is 179 cm³/mol. The number of cyclic esters (lactones) is 1. The molecule has 0 aromatic carbocycles. The molecule has 14 heteroatoms. The molecule has 13 nitrogen and oxygen atoms in total. The Morgan fingerprint density at radius 2 is 2.06 bits per heavy atom. The number of allylic oxidation sites excluding steroid dienone is 3. The molecule has 5 atom stereocenters. The normalized spacial score (nSPS) is 26.4. The van der Waals surface area contributed by atoms with Crippen LogP contribution in [0.5, 0.6) is 0 Å². The third kappa shape index (κ3) is 10.5. The van der Waals surface area contributed by atoms with Gasteiger partial charge in [-0.1, -0.05) is 50.3 Å². The number of hydrogen-bond acceptors (Lipinski definition) is 12. The van der Waals surface area contributed by atoms with E-state index in [-0.39, 0.29) is 42.7 Å². The lowest BCUT2D eigenvalue weighted by atomic mass is 9.93. The van der Waals surface area contributed by atoms with Crippen molar-refractivity contribution in [2.75, 3.05) is 25.0 Å². The van der Waals surface area contributed by atoms with Gasteiger partial charge in [0.15, 0.2) is 5.69 Å². The number of aryl methyl sites for hydroxylation is 1. The minimum Gasteiger partial charge on any atom is -0.460 e. The number of nitrogens with one attached hydrogen (secondary N) is 2. The van der Waals surface area contributed by atoms with Gasteiger partial charge in [0.25, 0.3) is 5.91 Å². The van der Waals surface area contributed by atoms with Crippen molar-refractivity contribution in [3.63, 3.8) is 0 Å². The molecule has 2 amide bonds. The molecular weight excluding hydrogens is 638 g/mol. The number of amides is 2. The summed E-state index contributed by atoms with van der Waals surface area (Å²) in [5.41, 5.74) is 1.35. The highest BCUT2D eigenvalue weighted by Gasteiger charge is 2.39. The molecule has 1 fully saturated rings. The smallest absolute Gasteiger partial charge is 0.412 e. The lowest BCUT2D eigenvalue weighted by molar-refractivity contribution is -0.159. The van der Waals surface area contributed by atoms with Crippen LogP contribution in [0.15, 0.2) is 64.3 Å². The number of ether oxygens (including phenoxy) is 2. The molecule has 0 aliphatic carbocycles. The Morgan fingerprint density at radius 3 is 2.81 bits per heavy atom. The number of fused-ring (bicyclic) bond motifs is 3. The van der Waals surface area contributed by atoms with Crippen molar-refractivity contribution in [1.29, 1.82) is 0 Å². The van der Waals surface area contributed by atoms with Gasteiger partial charge in [-0.25, -0.2) is 19.6 Å². The van der Waals surface area contributed by atoms with E-state index in [1.54, 1.807) is 17.5 Å². The Morgan fingerprint density at radius 1 is 1.27 bits per heavy atom. The Hall–Kier alpha value is -4.56. The second-order valence-electron chi connectivity index (χ2n) is 12.1. The first kappa shape index (κ1) is 36.3. The number of aliphatic hydroxyl groups is 1. The molecule has 0 unspecified atom stereocenters. The second kappa shape index (κ2) is 17.0. The average molecular weight is 682 g/mol. The minimum absolute atomic E-state index is 0.0285. The maximum atomic E-state index is 13.7. The van der Waals surface area contributed by atoms with Crippen molar-refractivity contribution in [3.05, 3.63) is 76.5 Å². The molecule has 1 saturated heterocycles. The molecule has 2 aromatic heterocycles. The van der Waals surface area contributed by atoms with E-state index in [4.69, 9.17) is 13.9 Å². The molecule has 258 valence electrons. The fourth-order valence-corrected chi connectivity index (χ4v) is 6.02. The number of aromatic nitrogens is 2. The van der Waals surface area contributed by atoms with E-state index >= 15 is 0 Å². The van der Waals surface area contributed by atoms with Crippen LogP contribution in [0, 0.1) is 18.8 Å². The van der Waals surface area contributed by atoms with E-state index in [1.165, 1.54) is 22.5 Å². The molecule has 2 aliphatic heterocycles. The van der Waals surface area contributed by atoms with Gasteiger partial charge in [-0.05, 0) is 32.8 Å². The summed E-state index contributed by atoms with van der Waals surface area (Å²) in [5, 5.41) is 18.7. The first-order chi connectivity index (χ1) is 22.9. The van der Waals surface area contributed by atoms with Crippen molar-refractivity contribution < 1.29 is 38.2 Å². The third-order valence-corrected chi connectivity index (χ3v) is 8.66. The summed E-state index contributed by atoms with van der Waals surface area (Å²) in [6.45, 7) is 12.1. The molecule has 0 radical (unpaired) electrons. The highest BCUT2D eigenvalue weighted by Crippen LogP contribution is 2.26. The average Bonchev–Trinajstić information content (AvgIpc) is 3.80. The van der Waals surface area contributed by atoms with E-state index in [0.29, 0.717) is 37.4 Å². The van der Waals surface area contributed by atoms with Crippen LogP contribution in [0.3, 0.4) is 0 Å². The van der Waals surface area contributed by atoms with Gasteiger partial charge in [0.1, 0.15) is 30.0 Å².